The Balaban J connectivity index is 1.52. The highest BCUT2D eigenvalue weighted by Gasteiger charge is 2.12. The van der Waals surface area contributed by atoms with Crippen molar-refractivity contribution in [3.63, 3.8) is 0 Å². The van der Waals surface area contributed by atoms with Crippen molar-refractivity contribution < 1.29 is 9.32 Å². The highest BCUT2D eigenvalue weighted by Crippen LogP contribution is 2.16. The van der Waals surface area contributed by atoms with Gasteiger partial charge in [0.05, 0.1) is 0 Å². The summed E-state index contributed by atoms with van der Waals surface area (Å²) in [5.74, 6) is 1.07. The van der Waals surface area contributed by atoms with Gasteiger partial charge in [-0.05, 0) is 36.2 Å². The molecule has 2 aromatic carbocycles. The fraction of sp³-hybridized carbons (Fsp3) is 0.250. The van der Waals surface area contributed by atoms with Crippen LogP contribution in [-0.2, 0) is 12.8 Å². The molecule has 6 heteroatoms. The predicted octanol–water partition coefficient (Wildman–Crippen LogP) is 4.01. The van der Waals surface area contributed by atoms with Gasteiger partial charge in [-0.1, -0.05) is 42.4 Å². The summed E-state index contributed by atoms with van der Waals surface area (Å²) in [5, 5.41) is 6.87. The molecule has 134 valence electrons. The Labute approximate surface area is 152 Å². The molecule has 0 aliphatic carbocycles. The van der Waals surface area contributed by atoms with Crippen molar-refractivity contribution in [3.8, 4) is 11.5 Å². The first kappa shape index (κ1) is 17.7. The summed E-state index contributed by atoms with van der Waals surface area (Å²) in [6.45, 7) is 2.59. The molecule has 0 aliphatic rings. The highest BCUT2D eigenvalue weighted by atomic mass is 16.5. The number of hydrogen-bond acceptors (Lipinski definition) is 4. The number of carbonyl (C=O) groups is 1. The molecule has 2 amide bonds. The lowest BCUT2D eigenvalue weighted by atomic mass is 10.1. The van der Waals surface area contributed by atoms with Crippen LogP contribution in [0.1, 0.15) is 18.3 Å². The zero-order valence-electron chi connectivity index (χ0n) is 15.0. The lowest BCUT2D eigenvalue weighted by molar-refractivity contribution is 0.222. The first-order valence-corrected chi connectivity index (χ1v) is 8.64. The minimum absolute atomic E-state index is 0.166. The third-order valence-corrected chi connectivity index (χ3v) is 4.12. The van der Waals surface area contributed by atoms with E-state index in [-0.39, 0.29) is 6.03 Å². The van der Waals surface area contributed by atoms with Gasteiger partial charge in [-0.15, -0.1) is 0 Å². The summed E-state index contributed by atoms with van der Waals surface area (Å²) in [4.78, 5) is 18.2. The maximum atomic E-state index is 12.3. The maximum absolute atomic E-state index is 12.3. The second kappa shape index (κ2) is 8.29. The number of amides is 2. The van der Waals surface area contributed by atoms with Crippen LogP contribution in [0.3, 0.4) is 0 Å². The van der Waals surface area contributed by atoms with Crippen molar-refractivity contribution in [2.45, 2.75) is 19.8 Å². The van der Waals surface area contributed by atoms with E-state index in [1.807, 2.05) is 54.6 Å². The SMILES string of the molecule is CCc1ccc(NC(=O)N(C)CCc2noc(-c3ccccc3)n2)cc1. The summed E-state index contributed by atoms with van der Waals surface area (Å²) in [6, 6.07) is 17.3. The first-order chi connectivity index (χ1) is 12.7. The van der Waals surface area contributed by atoms with Gasteiger partial charge < -0.3 is 14.7 Å². The number of aryl methyl sites for hydroxylation is 1. The van der Waals surface area contributed by atoms with E-state index < -0.39 is 0 Å². The van der Waals surface area contributed by atoms with Gasteiger partial charge in [0.15, 0.2) is 5.82 Å². The Hall–Kier alpha value is -3.15. The highest BCUT2D eigenvalue weighted by molar-refractivity contribution is 5.89. The molecular weight excluding hydrogens is 328 g/mol. The number of aromatic nitrogens is 2. The molecule has 3 rings (SSSR count). The van der Waals surface area contributed by atoms with Gasteiger partial charge in [0.2, 0.25) is 0 Å². The zero-order chi connectivity index (χ0) is 18.4. The fourth-order valence-electron chi connectivity index (χ4n) is 2.47. The van der Waals surface area contributed by atoms with Crippen molar-refractivity contribution in [1.82, 2.24) is 15.0 Å². The molecule has 0 fully saturated rings. The van der Waals surface area contributed by atoms with Crippen LogP contribution in [-0.4, -0.2) is 34.7 Å². The third-order valence-electron chi connectivity index (χ3n) is 4.12. The molecule has 0 saturated carbocycles. The second-order valence-corrected chi connectivity index (χ2v) is 6.03. The lowest BCUT2D eigenvalue weighted by Crippen LogP contribution is -2.33. The van der Waals surface area contributed by atoms with E-state index >= 15 is 0 Å². The average molecular weight is 350 g/mol. The van der Waals surface area contributed by atoms with Crippen LogP contribution in [0.4, 0.5) is 10.5 Å². The average Bonchev–Trinajstić information content (AvgIpc) is 3.16. The lowest BCUT2D eigenvalue weighted by Gasteiger charge is -2.17. The minimum Gasteiger partial charge on any atom is -0.334 e. The Morgan fingerprint density at radius 3 is 2.54 bits per heavy atom. The Morgan fingerprint density at radius 1 is 1.12 bits per heavy atom. The molecule has 0 bridgehead atoms. The van der Waals surface area contributed by atoms with E-state index in [2.05, 4.69) is 22.4 Å². The standard InChI is InChI=1S/C20H22N4O2/c1-3-15-9-11-17(12-10-15)21-20(25)24(2)14-13-18-22-19(26-23-18)16-7-5-4-6-8-16/h4-12H,3,13-14H2,1-2H3,(H,21,25). The van der Waals surface area contributed by atoms with Crippen LogP contribution in [0.5, 0.6) is 0 Å². The summed E-state index contributed by atoms with van der Waals surface area (Å²) >= 11 is 0. The molecule has 0 aliphatic heterocycles. The molecule has 0 spiro atoms. The first-order valence-electron chi connectivity index (χ1n) is 8.64. The molecule has 0 atom stereocenters. The van der Waals surface area contributed by atoms with Crippen LogP contribution < -0.4 is 5.32 Å². The van der Waals surface area contributed by atoms with E-state index in [1.54, 1.807) is 11.9 Å². The number of carbonyl (C=O) groups excluding carboxylic acids is 1. The number of hydrogen-bond donors (Lipinski definition) is 1. The van der Waals surface area contributed by atoms with Crippen LogP contribution in [0.15, 0.2) is 59.1 Å². The fourth-order valence-corrected chi connectivity index (χ4v) is 2.47. The van der Waals surface area contributed by atoms with Crippen molar-refractivity contribution in [2.24, 2.45) is 0 Å². The van der Waals surface area contributed by atoms with E-state index in [0.29, 0.717) is 24.7 Å². The maximum Gasteiger partial charge on any atom is 0.321 e. The third kappa shape index (κ3) is 4.47. The van der Waals surface area contributed by atoms with Gasteiger partial charge in [-0.3, -0.25) is 0 Å². The van der Waals surface area contributed by atoms with E-state index in [1.165, 1.54) is 5.56 Å². The molecule has 1 N–H and O–H groups in total. The number of nitrogens with one attached hydrogen (secondary N) is 1. The number of likely N-dealkylation sites (N-methyl/N-ethyl adjacent to an activating group) is 1. The number of benzene rings is 2. The van der Waals surface area contributed by atoms with Crippen LogP contribution >= 0.6 is 0 Å². The normalized spacial score (nSPS) is 10.5. The van der Waals surface area contributed by atoms with Crippen LogP contribution in [0, 0.1) is 0 Å². The Bertz CT molecular complexity index is 844. The van der Waals surface area contributed by atoms with E-state index in [9.17, 15) is 4.79 Å². The van der Waals surface area contributed by atoms with Gasteiger partial charge in [0.25, 0.3) is 5.89 Å². The predicted molar refractivity (Wildman–Crippen MR) is 101 cm³/mol. The van der Waals surface area contributed by atoms with Gasteiger partial charge in [0, 0.05) is 31.3 Å². The van der Waals surface area contributed by atoms with Crippen LogP contribution in [0.2, 0.25) is 0 Å². The van der Waals surface area contributed by atoms with Crippen molar-refractivity contribution in [3.05, 3.63) is 66.0 Å². The van der Waals surface area contributed by atoms with E-state index in [4.69, 9.17) is 4.52 Å². The quantitative estimate of drug-likeness (QED) is 0.729. The monoisotopic (exact) mass is 350 g/mol. The summed E-state index contributed by atoms with van der Waals surface area (Å²) < 4.78 is 5.28. The van der Waals surface area contributed by atoms with Gasteiger partial charge >= 0.3 is 6.03 Å². The summed E-state index contributed by atoms with van der Waals surface area (Å²) in [6.07, 6.45) is 1.50. The number of nitrogens with zero attached hydrogens (tertiary/aromatic N) is 3. The molecule has 26 heavy (non-hydrogen) atoms. The molecule has 0 radical (unpaired) electrons. The minimum atomic E-state index is -0.166. The number of anilines is 1. The van der Waals surface area contributed by atoms with Gasteiger partial charge in [0.1, 0.15) is 0 Å². The smallest absolute Gasteiger partial charge is 0.321 e. The van der Waals surface area contributed by atoms with Gasteiger partial charge in [-0.25, -0.2) is 4.79 Å². The molecule has 1 heterocycles. The van der Waals surface area contributed by atoms with Crippen LogP contribution in [0.25, 0.3) is 11.5 Å². The molecule has 0 saturated heterocycles. The largest absolute Gasteiger partial charge is 0.334 e. The Kier molecular flexibility index (Phi) is 5.63. The molecule has 6 nitrogen and oxygen atoms in total. The zero-order valence-corrected chi connectivity index (χ0v) is 15.0. The second-order valence-electron chi connectivity index (χ2n) is 6.03. The number of urea groups is 1. The number of rotatable bonds is 6. The Morgan fingerprint density at radius 2 is 1.85 bits per heavy atom. The summed E-state index contributed by atoms with van der Waals surface area (Å²) in [5.41, 5.74) is 2.90. The molecule has 1 aromatic heterocycles. The summed E-state index contributed by atoms with van der Waals surface area (Å²) in [7, 11) is 1.74. The molecule has 3 aromatic rings. The van der Waals surface area contributed by atoms with Crippen molar-refractivity contribution >= 4 is 11.7 Å². The van der Waals surface area contributed by atoms with Crippen molar-refractivity contribution in [2.75, 3.05) is 18.9 Å². The molecule has 0 unspecified atom stereocenters. The van der Waals surface area contributed by atoms with Gasteiger partial charge in [-0.2, -0.15) is 4.98 Å². The van der Waals surface area contributed by atoms with Crippen molar-refractivity contribution in [1.29, 1.82) is 0 Å². The molecular formula is C20H22N4O2. The topological polar surface area (TPSA) is 71.3 Å². The van der Waals surface area contributed by atoms with E-state index in [0.717, 1.165) is 17.7 Å².